The lowest BCUT2D eigenvalue weighted by Crippen LogP contribution is -2.13. The van der Waals surface area contributed by atoms with E-state index < -0.39 is 10.0 Å². The summed E-state index contributed by atoms with van der Waals surface area (Å²) in [7, 11) is -0.405. The van der Waals surface area contributed by atoms with Crippen molar-refractivity contribution in [1.29, 1.82) is 0 Å². The molecular weight excluding hydrogens is 356 g/mol. The van der Waals surface area contributed by atoms with E-state index >= 15 is 0 Å². The molecule has 21 heavy (non-hydrogen) atoms. The molecule has 0 amide bonds. The summed E-state index contributed by atoms with van der Waals surface area (Å²) in [6.07, 6.45) is 0. The lowest BCUT2D eigenvalue weighted by atomic mass is 10.3. The first kappa shape index (κ1) is 15.7. The molecule has 0 aliphatic heterocycles. The van der Waals surface area contributed by atoms with Crippen molar-refractivity contribution in [2.75, 3.05) is 24.2 Å². The van der Waals surface area contributed by atoms with Crippen LogP contribution in [-0.2, 0) is 10.0 Å². The normalized spacial score (nSPS) is 11.0. The van der Waals surface area contributed by atoms with Gasteiger partial charge in [0, 0.05) is 17.2 Å². The largest absolute Gasteiger partial charge is 0.495 e. The zero-order valence-electron chi connectivity index (χ0n) is 11.6. The Balaban J connectivity index is 2.34. The Bertz CT molecular complexity index is 730. The van der Waals surface area contributed by atoms with Gasteiger partial charge in [0.15, 0.2) is 0 Å². The van der Waals surface area contributed by atoms with Crippen molar-refractivity contribution in [3.63, 3.8) is 0 Å². The first-order chi connectivity index (χ1) is 9.96. The van der Waals surface area contributed by atoms with E-state index in [4.69, 9.17) is 4.74 Å². The van der Waals surface area contributed by atoms with Gasteiger partial charge in [-0.05, 0) is 42.5 Å². The average molecular weight is 371 g/mol. The zero-order valence-corrected chi connectivity index (χ0v) is 14.0. The van der Waals surface area contributed by atoms with Crippen molar-refractivity contribution in [1.82, 2.24) is 0 Å². The molecule has 0 bridgehead atoms. The molecule has 0 radical (unpaired) electrons. The fraction of sp³-hybridized carbons (Fsp3) is 0.143. The van der Waals surface area contributed by atoms with E-state index in [0.717, 1.165) is 10.2 Å². The molecule has 0 saturated carbocycles. The Kier molecular flexibility index (Phi) is 4.74. The number of ether oxygens (including phenoxy) is 1. The minimum atomic E-state index is -3.67. The fourth-order valence-electron chi connectivity index (χ4n) is 1.76. The van der Waals surface area contributed by atoms with Gasteiger partial charge >= 0.3 is 0 Å². The first-order valence-electron chi connectivity index (χ1n) is 6.10. The molecule has 2 rings (SSSR count). The molecule has 5 nitrogen and oxygen atoms in total. The van der Waals surface area contributed by atoms with Gasteiger partial charge in [0.25, 0.3) is 10.0 Å². The molecule has 0 unspecified atom stereocenters. The maximum Gasteiger partial charge on any atom is 0.262 e. The molecule has 0 fully saturated rings. The third kappa shape index (κ3) is 3.68. The van der Waals surface area contributed by atoms with Crippen molar-refractivity contribution >= 4 is 37.3 Å². The standard InChI is InChI=1S/C14H15BrN2O3S/c1-16-11-4-6-12(7-5-11)21(18,19)17-13-9-10(15)3-8-14(13)20-2/h3-9,16-17H,1-2H3. The van der Waals surface area contributed by atoms with Crippen LogP contribution in [0.25, 0.3) is 0 Å². The molecule has 0 spiro atoms. The van der Waals surface area contributed by atoms with Crippen molar-refractivity contribution in [2.24, 2.45) is 0 Å². The number of halogens is 1. The van der Waals surface area contributed by atoms with Gasteiger partial charge in [-0.15, -0.1) is 0 Å². The summed E-state index contributed by atoms with van der Waals surface area (Å²) >= 11 is 3.31. The van der Waals surface area contributed by atoms with E-state index in [9.17, 15) is 8.42 Å². The predicted octanol–water partition coefficient (Wildman–Crippen LogP) is 3.30. The summed E-state index contributed by atoms with van der Waals surface area (Å²) in [4.78, 5) is 0.184. The van der Waals surface area contributed by atoms with Gasteiger partial charge in [0.05, 0.1) is 17.7 Å². The monoisotopic (exact) mass is 370 g/mol. The molecule has 0 aliphatic carbocycles. The van der Waals surface area contributed by atoms with Gasteiger partial charge in [-0.1, -0.05) is 15.9 Å². The van der Waals surface area contributed by atoms with E-state index in [0.29, 0.717) is 11.4 Å². The summed E-state index contributed by atoms with van der Waals surface area (Å²) < 4.78 is 33.2. The summed E-state index contributed by atoms with van der Waals surface area (Å²) in [6.45, 7) is 0. The molecular formula is C14H15BrN2O3S. The van der Waals surface area contributed by atoms with Crippen LogP contribution in [0.15, 0.2) is 51.8 Å². The lowest BCUT2D eigenvalue weighted by Gasteiger charge is -2.12. The quantitative estimate of drug-likeness (QED) is 0.847. The van der Waals surface area contributed by atoms with Gasteiger partial charge in [0.1, 0.15) is 5.75 Å². The van der Waals surface area contributed by atoms with Gasteiger partial charge in [-0.25, -0.2) is 8.42 Å². The highest BCUT2D eigenvalue weighted by molar-refractivity contribution is 9.10. The van der Waals surface area contributed by atoms with Crippen LogP contribution in [0.1, 0.15) is 0 Å². The molecule has 2 N–H and O–H groups in total. The van der Waals surface area contributed by atoms with Crippen LogP contribution >= 0.6 is 15.9 Å². The number of sulfonamides is 1. The summed E-state index contributed by atoms with van der Waals surface area (Å²) in [5.41, 5.74) is 1.22. The Morgan fingerprint density at radius 1 is 1.10 bits per heavy atom. The fourth-order valence-corrected chi connectivity index (χ4v) is 3.19. The Hall–Kier alpha value is -1.73. The zero-order chi connectivity index (χ0) is 15.5. The van der Waals surface area contributed by atoms with Crippen molar-refractivity contribution in [3.8, 4) is 5.75 Å². The van der Waals surface area contributed by atoms with Crippen LogP contribution < -0.4 is 14.8 Å². The van der Waals surface area contributed by atoms with Crippen LogP contribution in [0.5, 0.6) is 5.75 Å². The molecule has 0 heterocycles. The number of rotatable bonds is 5. The minimum Gasteiger partial charge on any atom is -0.495 e. The maximum absolute atomic E-state index is 12.4. The molecule has 0 atom stereocenters. The first-order valence-corrected chi connectivity index (χ1v) is 8.38. The maximum atomic E-state index is 12.4. The summed E-state index contributed by atoms with van der Waals surface area (Å²) in [6, 6.07) is 11.6. The van der Waals surface area contributed by atoms with Gasteiger partial charge in [-0.3, -0.25) is 4.72 Å². The number of anilines is 2. The second kappa shape index (κ2) is 6.36. The van der Waals surface area contributed by atoms with E-state index in [2.05, 4.69) is 26.0 Å². The van der Waals surface area contributed by atoms with Crippen molar-refractivity contribution < 1.29 is 13.2 Å². The van der Waals surface area contributed by atoms with Crippen molar-refractivity contribution in [3.05, 3.63) is 46.9 Å². The highest BCUT2D eigenvalue weighted by atomic mass is 79.9. The molecule has 2 aromatic carbocycles. The second-order valence-corrected chi connectivity index (χ2v) is 6.82. The van der Waals surface area contributed by atoms with Gasteiger partial charge in [-0.2, -0.15) is 0 Å². The van der Waals surface area contributed by atoms with Crippen LogP contribution in [0.3, 0.4) is 0 Å². The van der Waals surface area contributed by atoms with Gasteiger partial charge < -0.3 is 10.1 Å². The molecule has 2 aromatic rings. The topological polar surface area (TPSA) is 67.4 Å². The van der Waals surface area contributed by atoms with Gasteiger partial charge in [0.2, 0.25) is 0 Å². The highest BCUT2D eigenvalue weighted by Crippen LogP contribution is 2.30. The van der Waals surface area contributed by atoms with E-state index in [1.807, 2.05) is 0 Å². The van der Waals surface area contributed by atoms with Crippen LogP contribution in [0.2, 0.25) is 0 Å². The lowest BCUT2D eigenvalue weighted by molar-refractivity contribution is 0.417. The number of nitrogens with one attached hydrogen (secondary N) is 2. The second-order valence-electron chi connectivity index (χ2n) is 4.22. The Morgan fingerprint density at radius 2 is 1.76 bits per heavy atom. The van der Waals surface area contributed by atoms with E-state index in [1.54, 1.807) is 49.5 Å². The third-order valence-electron chi connectivity index (χ3n) is 2.86. The number of methoxy groups -OCH3 is 1. The predicted molar refractivity (Wildman–Crippen MR) is 87.5 cm³/mol. The van der Waals surface area contributed by atoms with Crippen molar-refractivity contribution in [2.45, 2.75) is 4.90 Å². The number of benzene rings is 2. The number of hydrogen-bond donors (Lipinski definition) is 2. The van der Waals surface area contributed by atoms with Crippen LogP contribution in [0.4, 0.5) is 11.4 Å². The third-order valence-corrected chi connectivity index (χ3v) is 4.73. The molecule has 0 aliphatic rings. The van der Waals surface area contributed by atoms with Crippen LogP contribution in [-0.4, -0.2) is 22.6 Å². The average Bonchev–Trinajstić information content (AvgIpc) is 2.47. The summed E-state index contributed by atoms with van der Waals surface area (Å²) in [5, 5.41) is 2.94. The molecule has 0 aromatic heterocycles. The molecule has 7 heteroatoms. The molecule has 112 valence electrons. The van der Waals surface area contributed by atoms with Crippen LogP contribution in [0, 0.1) is 0 Å². The Morgan fingerprint density at radius 3 is 2.33 bits per heavy atom. The smallest absolute Gasteiger partial charge is 0.262 e. The van der Waals surface area contributed by atoms with E-state index in [-0.39, 0.29) is 4.90 Å². The highest BCUT2D eigenvalue weighted by Gasteiger charge is 2.16. The number of hydrogen-bond acceptors (Lipinski definition) is 4. The minimum absolute atomic E-state index is 0.184. The molecule has 0 saturated heterocycles. The van der Waals surface area contributed by atoms with E-state index in [1.165, 1.54) is 7.11 Å². The SMILES string of the molecule is CNc1ccc(S(=O)(=O)Nc2cc(Br)ccc2OC)cc1. The Labute approximate surface area is 132 Å². The summed E-state index contributed by atoms with van der Waals surface area (Å²) in [5.74, 6) is 0.452.